The average molecular weight is 220 g/mol. The van der Waals surface area contributed by atoms with Gasteiger partial charge in [-0.3, -0.25) is 0 Å². The van der Waals surface area contributed by atoms with Crippen molar-refractivity contribution in [1.29, 1.82) is 0 Å². The zero-order valence-corrected chi connectivity index (χ0v) is 10.1. The summed E-state index contributed by atoms with van der Waals surface area (Å²) >= 11 is 0. The molecule has 1 aliphatic rings. The summed E-state index contributed by atoms with van der Waals surface area (Å²) < 4.78 is 0. The molecule has 16 heavy (non-hydrogen) atoms. The van der Waals surface area contributed by atoms with Crippen LogP contribution in [0, 0.1) is 5.92 Å². The Morgan fingerprint density at radius 2 is 2.31 bits per heavy atom. The fraction of sp³-hybridized carbons (Fsp3) is 0.615. The summed E-state index contributed by atoms with van der Waals surface area (Å²) in [6.45, 7) is 6.25. The molecule has 1 aromatic heterocycles. The smallest absolute Gasteiger partial charge is 0.128 e. The Morgan fingerprint density at radius 3 is 2.88 bits per heavy atom. The third-order valence-corrected chi connectivity index (χ3v) is 3.23. The van der Waals surface area contributed by atoms with Crippen LogP contribution in [0.25, 0.3) is 0 Å². The summed E-state index contributed by atoms with van der Waals surface area (Å²) in [5, 5.41) is 9.41. The van der Waals surface area contributed by atoms with Crippen molar-refractivity contribution < 1.29 is 5.11 Å². The lowest BCUT2D eigenvalue weighted by atomic mass is 10.0. The molecular weight excluding hydrogens is 200 g/mol. The first kappa shape index (κ1) is 11.4. The molecule has 3 nitrogen and oxygen atoms in total. The standard InChI is InChI=1S/C13H20N2O/c1-10-4-3-7-15(9-10)13-6-5-12(8-14-13)11(2)16/h5-6,8,10-11,16H,3-4,7,9H2,1-2H3/t10?,11-/m0/s1. The maximum Gasteiger partial charge on any atom is 0.128 e. The molecule has 0 aliphatic carbocycles. The molecule has 0 aromatic carbocycles. The van der Waals surface area contributed by atoms with E-state index in [1.54, 1.807) is 13.1 Å². The lowest BCUT2D eigenvalue weighted by Crippen LogP contribution is -2.34. The number of aliphatic hydroxyl groups is 1. The van der Waals surface area contributed by atoms with Crippen LogP contribution in [0.3, 0.4) is 0 Å². The van der Waals surface area contributed by atoms with Crippen LogP contribution in [-0.4, -0.2) is 23.2 Å². The van der Waals surface area contributed by atoms with E-state index in [9.17, 15) is 5.11 Å². The highest BCUT2D eigenvalue weighted by Gasteiger charge is 2.17. The quantitative estimate of drug-likeness (QED) is 0.831. The van der Waals surface area contributed by atoms with E-state index < -0.39 is 6.10 Å². The number of nitrogens with zero attached hydrogens (tertiary/aromatic N) is 2. The fourth-order valence-corrected chi connectivity index (χ4v) is 2.23. The van der Waals surface area contributed by atoms with Crippen molar-refractivity contribution in [2.24, 2.45) is 5.92 Å². The van der Waals surface area contributed by atoms with E-state index in [1.807, 2.05) is 12.1 Å². The Balaban J connectivity index is 2.09. The zero-order chi connectivity index (χ0) is 11.5. The molecule has 0 amide bonds. The van der Waals surface area contributed by atoms with Crippen molar-refractivity contribution >= 4 is 5.82 Å². The molecule has 1 aliphatic heterocycles. The van der Waals surface area contributed by atoms with Crippen molar-refractivity contribution in [3.05, 3.63) is 23.9 Å². The second kappa shape index (κ2) is 4.83. The number of anilines is 1. The molecule has 2 heterocycles. The van der Waals surface area contributed by atoms with Crippen molar-refractivity contribution in [2.75, 3.05) is 18.0 Å². The Hall–Kier alpha value is -1.09. The van der Waals surface area contributed by atoms with Crippen LogP contribution in [0.4, 0.5) is 5.82 Å². The van der Waals surface area contributed by atoms with Crippen LogP contribution in [0.2, 0.25) is 0 Å². The average Bonchev–Trinajstić information content (AvgIpc) is 2.29. The van der Waals surface area contributed by atoms with E-state index >= 15 is 0 Å². The number of piperidine rings is 1. The molecule has 1 saturated heterocycles. The van der Waals surface area contributed by atoms with Gasteiger partial charge in [-0.2, -0.15) is 0 Å². The predicted octanol–water partition coefficient (Wildman–Crippen LogP) is 2.37. The molecular formula is C13H20N2O. The molecule has 0 bridgehead atoms. The molecule has 0 spiro atoms. The molecule has 2 atom stereocenters. The van der Waals surface area contributed by atoms with Gasteiger partial charge in [-0.1, -0.05) is 13.0 Å². The SMILES string of the molecule is CC1CCCN(c2ccc([C@H](C)O)cn2)C1. The van der Waals surface area contributed by atoms with Gasteiger partial charge in [-0.15, -0.1) is 0 Å². The number of hydrogen-bond donors (Lipinski definition) is 1. The van der Waals surface area contributed by atoms with E-state index in [-0.39, 0.29) is 0 Å². The first-order chi connectivity index (χ1) is 7.66. The zero-order valence-electron chi connectivity index (χ0n) is 10.1. The largest absolute Gasteiger partial charge is 0.389 e. The van der Waals surface area contributed by atoms with Crippen LogP contribution in [0.5, 0.6) is 0 Å². The van der Waals surface area contributed by atoms with Crippen LogP contribution in [-0.2, 0) is 0 Å². The predicted molar refractivity (Wildman–Crippen MR) is 65.5 cm³/mol. The molecule has 3 heteroatoms. The van der Waals surface area contributed by atoms with Gasteiger partial charge < -0.3 is 10.0 Å². The van der Waals surface area contributed by atoms with Crippen LogP contribution in [0.1, 0.15) is 38.4 Å². The van der Waals surface area contributed by atoms with Gasteiger partial charge >= 0.3 is 0 Å². The third kappa shape index (κ3) is 2.53. The van der Waals surface area contributed by atoms with Crippen LogP contribution >= 0.6 is 0 Å². The normalized spacial score (nSPS) is 23.2. The number of aromatic nitrogens is 1. The van der Waals surface area contributed by atoms with E-state index in [2.05, 4.69) is 16.8 Å². The molecule has 1 fully saturated rings. The molecule has 88 valence electrons. The van der Waals surface area contributed by atoms with Crippen LogP contribution in [0.15, 0.2) is 18.3 Å². The molecule has 1 unspecified atom stereocenters. The second-order valence-electron chi connectivity index (χ2n) is 4.82. The highest BCUT2D eigenvalue weighted by molar-refractivity contribution is 5.40. The molecule has 0 radical (unpaired) electrons. The summed E-state index contributed by atoms with van der Waals surface area (Å²) in [4.78, 5) is 6.76. The van der Waals surface area contributed by atoms with Gasteiger partial charge in [-0.05, 0) is 37.3 Å². The van der Waals surface area contributed by atoms with Gasteiger partial charge in [0.25, 0.3) is 0 Å². The van der Waals surface area contributed by atoms with Gasteiger partial charge in [0.2, 0.25) is 0 Å². The Morgan fingerprint density at radius 1 is 1.50 bits per heavy atom. The number of hydrogen-bond acceptors (Lipinski definition) is 3. The maximum atomic E-state index is 9.41. The minimum Gasteiger partial charge on any atom is -0.389 e. The van der Waals surface area contributed by atoms with Crippen LogP contribution < -0.4 is 4.90 Å². The second-order valence-corrected chi connectivity index (χ2v) is 4.82. The van der Waals surface area contributed by atoms with Gasteiger partial charge in [-0.25, -0.2) is 4.98 Å². The van der Waals surface area contributed by atoms with E-state index in [0.29, 0.717) is 0 Å². The van der Waals surface area contributed by atoms with Gasteiger partial charge in [0.05, 0.1) is 6.10 Å². The summed E-state index contributed by atoms with van der Waals surface area (Å²) in [5.74, 6) is 1.79. The van der Waals surface area contributed by atoms with E-state index in [0.717, 1.165) is 30.4 Å². The number of aliphatic hydroxyl groups excluding tert-OH is 1. The Bertz CT molecular complexity index is 334. The van der Waals surface area contributed by atoms with Crippen molar-refractivity contribution in [3.63, 3.8) is 0 Å². The minimum absolute atomic E-state index is 0.429. The van der Waals surface area contributed by atoms with Gasteiger partial charge in [0.15, 0.2) is 0 Å². The highest BCUT2D eigenvalue weighted by Crippen LogP contribution is 2.22. The Kier molecular flexibility index (Phi) is 3.44. The summed E-state index contributed by atoms with van der Waals surface area (Å²) in [7, 11) is 0. The molecule has 1 aromatic rings. The maximum absolute atomic E-state index is 9.41. The Labute approximate surface area is 97.1 Å². The molecule has 0 saturated carbocycles. The monoisotopic (exact) mass is 220 g/mol. The fourth-order valence-electron chi connectivity index (χ4n) is 2.23. The summed E-state index contributed by atoms with van der Waals surface area (Å²) in [5.41, 5.74) is 0.883. The van der Waals surface area contributed by atoms with Gasteiger partial charge in [0, 0.05) is 19.3 Å². The first-order valence-corrected chi connectivity index (χ1v) is 6.06. The van der Waals surface area contributed by atoms with E-state index in [4.69, 9.17) is 0 Å². The van der Waals surface area contributed by atoms with E-state index in [1.165, 1.54) is 12.8 Å². The first-order valence-electron chi connectivity index (χ1n) is 6.06. The molecule has 1 N–H and O–H groups in total. The van der Waals surface area contributed by atoms with Gasteiger partial charge in [0.1, 0.15) is 5.82 Å². The minimum atomic E-state index is -0.429. The third-order valence-electron chi connectivity index (χ3n) is 3.23. The lowest BCUT2D eigenvalue weighted by molar-refractivity contribution is 0.199. The van der Waals surface area contributed by atoms with Crippen molar-refractivity contribution in [1.82, 2.24) is 4.98 Å². The number of rotatable bonds is 2. The number of pyridine rings is 1. The van der Waals surface area contributed by atoms with Crippen molar-refractivity contribution in [2.45, 2.75) is 32.8 Å². The van der Waals surface area contributed by atoms with Crippen molar-refractivity contribution in [3.8, 4) is 0 Å². The highest BCUT2D eigenvalue weighted by atomic mass is 16.3. The lowest BCUT2D eigenvalue weighted by Gasteiger charge is -2.31. The molecule has 2 rings (SSSR count). The topological polar surface area (TPSA) is 36.4 Å². The summed E-state index contributed by atoms with van der Waals surface area (Å²) in [6.07, 6.45) is 3.92. The summed E-state index contributed by atoms with van der Waals surface area (Å²) in [6, 6.07) is 3.98.